The first kappa shape index (κ1) is 13.7. The molecule has 0 unspecified atom stereocenters. The molecule has 0 aliphatic rings. The minimum atomic E-state index is -0.253. The third kappa shape index (κ3) is 6.06. The lowest BCUT2D eigenvalue weighted by atomic mass is 10.1. The van der Waals surface area contributed by atoms with Gasteiger partial charge in [-0.25, -0.2) is 9.97 Å². The van der Waals surface area contributed by atoms with E-state index >= 15 is 0 Å². The first-order valence-electron chi connectivity index (χ1n) is 5.95. The van der Waals surface area contributed by atoms with Crippen molar-refractivity contribution in [2.24, 2.45) is 11.7 Å². The Bertz CT molecular complexity index is 343. The van der Waals surface area contributed by atoms with Crippen molar-refractivity contribution in [3.05, 3.63) is 12.4 Å². The summed E-state index contributed by atoms with van der Waals surface area (Å²) in [5, 5.41) is 6.46. The number of nitrogens with two attached hydrogens (primary N) is 1. The maximum absolute atomic E-state index is 5.90. The molecule has 5 heteroatoms. The molecule has 0 aromatic carbocycles. The Morgan fingerprint density at radius 1 is 1.24 bits per heavy atom. The fourth-order valence-electron chi connectivity index (χ4n) is 1.18. The highest BCUT2D eigenvalue weighted by Crippen LogP contribution is 2.10. The Morgan fingerprint density at radius 2 is 1.82 bits per heavy atom. The summed E-state index contributed by atoms with van der Waals surface area (Å²) >= 11 is 0. The van der Waals surface area contributed by atoms with Crippen LogP contribution in [0.3, 0.4) is 0 Å². The Balaban J connectivity index is 2.54. The van der Waals surface area contributed by atoms with Crippen molar-refractivity contribution >= 4 is 11.6 Å². The molecule has 17 heavy (non-hydrogen) atoms. The summed E-state index contributed by atoms with van der Waals surface area (Å²) in [6.07, 6.45) is 1.55. The smallest absolute Gasteiger partial charge is 0.131 e. The number of anilines is 2. The molecule has 0 radical (unpaired) electrons. The van der Waals surface area contributed by atoms with Gasteiger partial charge in [-0.3, -0.25) is 0 Å². The molecule has 0 aliphatic carbocycles. The number of rotatable bonds is 6. The van der Waals surface area contributed by atoms with E-state index in [1.807, 2.05) is 19.9 Å². The van der Waals surface area contributed by atoms with Crippen molar-refractivity contribution in [1.29, 1.82) is 0 Å². The number of aromatic nitrogens is 2. The molecule has 0 amide bonds. The van der Waals surface area contributed by atoms with Crippen molar-refractivity contribution in [3.8, 4) is 0 Å². The highest BCUT2D eigenvalue weighted by molar-refractivity contribution is 5.46. The van der Waals surface area contributed by atoms with E-state index in [4.69, 9.17) is 5.73 Å². The molecule has 0 saturated heterocycles. The van der Waals surface area contributed by atoms with Crippen LogP contribution in [0.4, 0.5) is 11.6 Å². The third-order valence-electron chi connectivity index (χ3n) is 2.08. The quantitative estimate of drug-likeness (QED) is 0.702. The summed E-state index contributed by atoms with van der Waals surface area (Å²) in [4.78, 5) is 8.31. The predicted octanol–water partition coefficient (Wildman–Crippen LogP) is 1.69. The van der Waals surface area contributed by atoms with Crippen LogP contribution in [0.2, 0.25) is 0 Å². The molecule has 4 N–H and O–H groups in total. The van der Waals surface area contributed by atoms with Crippen molar-refractivity contribution in [2.75, 3.05) is 23.7 Å². The molecule has 1 aromatic rings. The third-order valence-corrected chi connectivity index (χ3v) is 2.08. The first-order valence-corrected chi connectivity index (χ1v) is 5.95. The highest BCUT2D eigenvalue weighted by atomic mass is 15.1. The molecule has 0 aliphatic heterocycles. The van der Waals surface area contributed by atoms with Crippen LogP contribution in [0.15, 0.2) is 12.4 Å². The van der Waals surface area contributed by atoms with Crippen LogP contribution in [0, 0.1) is 5.92 Å². The van der Waals surface area contributed by atoms with Crippen molar-refractivity contribution < 1.29 is 0 Å². The minimum Gasteiger partial charge on any atom is -0.370 e. The first-order chi connectivity index (χ1) is 7.87. The number of nitrogens with zero attached hydrogens (tertiary/aromatic N) is 2. The van der Waals surface area contributed by atoms with E-state index in [2.05, 4.69) is 34.4 Å². The van der Waals surface area contributed by atoms with Gasteiger partial charge < -0.3 is 16.4 Å². The maximum Gasteiger partial charge on any atom is 0.131 e. The SMILES string of the molecule is CC(C)CNc1cc(NCC(C)(C)N)ncn1. The van der Waals surface area contributed by atoms with E-state index in [0.29, 0.717) is 12.5 Å². The van der Waals surface area contributed by atoms with Crippen molar-refractivity contribution in [3.63, 3.8) is 0 Å². The van der Waals surface area contributed by atoms with Gasteiger partial charge in [0.15, 0.2) is 0 Å². The summed E-state index contributed by atoms with van der Waals surface area (Å²) in [6.45, 7) is 9.83. The van der Waals surface area contributed by atoms with Crippen molar-refractivity contribution in [1.82, 2.24) is 9.97 Å². The largest absolute Gasteiger partial charge is 0.370 e. The molecular formula is C12H23N5. The fourth-order valence-corrected chi connectivity index (χ4v) is 1.18. The molecule has 0 bridgehead atoms. The van der Waals surface area contributed by atoms with Gasteiger partial charge in [-0.15, -0.1) is 0 Å². The second kappa shape index (κ2) is 5.82. The van der Waals surface area contributed by atoms with Crippen LogP contribution >= 0.6 is 0 Å². The van der Waals surface area contributed by atoms with Gasteiger partial charge in [0.2, 0.25) is 0 Å². The zero-order valence-electron chi connectivity index (χ0n) is 11.1. The Morgan fingerprint density at radius 3 is 2.35 bits per heavy atom. The summed E-state index contributed by atoms with van der Waals surface area (Å²) in [7, 11) is 0. The van der Waals surface area contributed by atoms with Gasteiger partial charge in [0.05, 0.1) is 0 Å². The Kier molecular flexibility index (Phi) is 4.69. The van der Waals surface area contributed by atoms with E-state index in [9.17, 15) is 0 Å². The number of hydrogen-bond acceptors (Lipinski definition) is 5. The second-order valence-corrected chi connectivity index (χ2v) is 5.41. The second-order valence-electron chi connectivity index (χ2n) is 5.41. The lowest BCUT2D eigenvalue weighted by Crippen LogP contribution is -2.39. The Labute approximate surface area is 103 Å². The average Bonchev–Trinajstić information content (AvgIpc) is 2.23. The zero-order chi connectivity index (χ0) is 12.9. The lowest BCUT2D eigenvalue weighted by molar-refractivity contribution is 0.548. The molecule has 0 fully saturated rings. The molecule has 96 valence electrons. The molecule has 0 spiro atoms. The van der Waals surface area contributed by atoms with Crippen LogP contribution in [0.5, 0.6) is 0 Å². The summed E-state index contributed by atoms with van der Waals surface area (Å²) in [5.74, 6) is 2.22. The van der Waals surface area contributed by atoms with Gasteiger partial charge in [0.25, 0.3) is 0 Å². The summed E-state index contributed by atoms with van der Waals surface area (Å²) in [5.41, 5.74) is 5.64. The lowest BCUT2D eigenvalue weighted by Gasteiger charge is -2.19. The standard InChI is InChI=1S/C12H23N5/c1-9(2)6-14-10-5-11(17-8-16-10)15-7-12(3,4)13/h5,8-9H,6-7,13H2,1-4H3,(H2,14,15,16,17). The van der Waals surface area contributed by atoms with Gasteiger partial charge in [-0.1, -0.05) is 13.8 Å². The van der Waals surface area contributed by atoms with Crippen LogP contribution in [0.1, 0.15) is 27.7 Å². The topological polar surface area (TPSA) is 75.9 Å². The summed E-state index contributed by atoms with van der Waals surface area (Å²) in [6, 6.07) is 1.90. The summed E-state index contributed by atoms with van der Waals surface area (Å²) < 4.78 is 0. The normalized spacial score (nSPS) is 11.6. The molecule has 1 heterocycles. The van der Waals surface area contributed by atoms with E-state index in [1.165, 1.54) is 0 Å². The Hall–Kier alpha value is -1.36. The van der Waals surface area contributed by atoms with Crippen LogP contribution in [0.25, 0.3) is 0 Å². The van der Waals surface area contributed by atoms with Gasteiger partial charge >= 0.3 is 0 Å². The van der Waals surface area contributed by atoms with Crippen LogP contribution in [-0.4, -0.2) is 28.6 Å². The molecule has 0 saturated carbocycles. The molecule has 1 aromatic heterocycles. The maximum atomic E-state index is 5.90. The van der Waals surface area contributed by atoms with Crippen molar-refractivity contribution in [2.45, 2.75) is 33.2 Å². The van der Waals surface area contributed by atoms with Gasteiger partial charge in [-0.2, -0.15) is 0 Å². The zero-order valence-corrected chi connectivity index (χ0v) is 11.1. The number of nitrogens with one attached hydrogen (secondary N) is 2. The van der Waals surface area contributed by atoms with Gasteiger partial charge in [-0.05, 0) is 19.8 Å². The highest BCUT2D eigenvalue weighted by Gasteiger charge is 2.10. The van der Waals surface area contributed by atoms with E-state index < -0.39 is 0 Å². The average molecular weight is 237 g/mol. The molecule has 5 nitrogen and oxygen atoms in total. The fraction of sp³-hybridized carbons (Fsp3) is 0.667. The minimum absolute atomic E-state index is 0.253. The van der Waals surface area contributed by atoms with Gasteiger partial charge in [0, 0.05) is 24.7 Å². The predicted molar refractivity (Wildman–Crippen MR) is 72.1 cm³/mol. The number of hydrogen-bond donors (Lipinski definition) is 3. The van der Waals surface area contributed by atoms with E-state index in [1.54, 1.807) is 6.33 Å². The van der Waals surface area contributed by atoms with Crippen LogP contribution in [-0.2, 0) is 0 Å². The van der Waals surface area contributed by atoms with Crippen LogP contribution < -0.4 is 16.4 Å². The molecular weight excluding hydrogens is 214 g/mol. The molecule has 1 rings (SSSR count). The molecule has 0 atom stereocenters. The van der Waals surface area contributed by atoms with E-state index in [0.717, 1.165) is 18.2 Å². The monoisotopic (exact) mass is 237 g/mol. The van der Waals surface area contributed by atoms with E-state index in [-0.39, 0.29) is 5.54 Å². The van der Waals surface area contributed by atoms with Gasteiger partial charge in [0.1, 0.15) is 18.0 Å².